The van der Waals surface area contributed by atoms with Gasteiger partial charge in [0.15, 0.2) is 6.29 Å². The first-order chi connectivity index (χ1) is 8.47. The smallest absolute Gasteiger partial charge is 0.160 e. The third-order valence-corrected chi connectivity index (χ3v) is 5.37. The summed E-state index contributed by atoms with van der Waals surface area (Å²) in [5.41, 5.74) is 1.15. The summed E-state index contributed by atoms with van der Waals surface area (Å²) in [7, 11) is 0. The molecular formula is C11H3Cl5OS. The van der Waals surface area contributed by atoms with Crippen molar-refractivity contribution in [1.82, 2.24) is 0 Å². The number of hydrogen-bond donors (Lipinski definition) is 0. The Balaban J connectivity index is 2.75. The van der Waals surface area contributed by atoms with Crippen LogP contribution in [0.5, 0.6) is 0 Å². The Bertz CT molecular complexity index is 606. The Morgan fingerprint density at radius 3 is 1.83 bits per heavy atom. The summed E-state index contributed by atoms with van der Waals surface area (Å²) in [6.07, 6.45) is 0.745. The lowest BCUT2D eigenvalue weighted by Crippen LogP contribution is -1.85. The lowest BCUT2D eigenvalue weighted by atomic mass is 10.1. The molecule has 0 aliphatic heterocycles. The van der Waals surface area contributed by atoms with E-state index in [1.54, 1.807) is 11.4 Å². The molecule has 1 aromatic heterocycles. The van der Waals surface area contributed by atoms with Gasteiger partial charge >= 0.3 is 0 Å². The summed E-state index contributed by atoms with van der Waals surface area (Å²) >= 11 is 31.4. The maximum absolute atomic E-state index is 10.7. The SMILES string of the molecule is O=Cc1cc(-c2c(Cl)c(Cl)c(Cl)c(Cl)c2Cl)cs1. The summed E-state index contributed by atoms with van der Waals surface area (Å²) in [4.78, 5) is 11.2. The number of carbonyl (C=O) groups is 1. The van der Waals surface area contributed by atoms with Gasteiger partial charge in [0.1, 0.15) is 0 Å². The highest BCUT2D eigenvalue weighted by Gasteiger charge is 2.21. The van der Waals surface area contributed by atoms with Crippen molar-refractivity contribution < 1.29 is 4.79 Å². The number of rotatable bonds is 2. The minimum absolute atomic E-state index is 0.114. The van der Waals surface area contributed by atoms with E-state index in [2.05, 4.69) is 0 Å². The monoisotopic (exact) mass is 358 g/mol. The van der Waals surface area contributed by atoms with E-state index in [4.69, 9.17) is 58.0 Å². The van der Waals surface area contributed by atoms with Crippen LogP contribution in [-0.4, -0.2) is 6.29 Å². The molecule has 2 aromatic rings. The van der Waals surface area contributed by atoms with E-state index >= 15 is 0 Å². The molecule has 18 heavy (non-hydrogen) atoms. The number of benzene rings is 1. The van der Waals surface area contributed by atoms with Gasteiger partial charge in [-0.2, -0.15) is 0 Å². The van der Waals surface area contributed by atoms with Crippen LogP contribution >= 0.6 is 69.3 Å². The highest BCUT2D eigenvalue weighted by atomic mass is 35.5. The topological polar surface area (TPSA) is 17.1 Å². The summed E-state index contributed by atoms with van der Waals surface area (Å²) in [5.74, 6) is 0. The maximum atomic E-state index is 10.7. The Labute approximate surface area is 132 Å². The van der Waals surface area contributed by atoms with Crippen LogP contribution in [0, 0.1) is 0 Å². The number of aldehydes is 1. The zero-order valence-electron chi connectivity index (χ0n) is 8.44. The van der Waals surface area contributed by atoms with Crippen molar-refractivity contribution in [3.05, 3.63) is 41.4 Å². The van der Waals surface area contributed by atoms with Crippen molar-refractivity contribution >= 4 is 75.6 Å². The van der Waals surface area contributed by atoms with Crippen LogP contribution < -0.4 is 0 Å². The molecule has 0 fully saturated rings. The van der Waals surface area contributed by atoms with Crippen LogP contribution in [-0.2, 0) is 0 Å². The van der Waals surface area contributed by atoms with E-state index in [1.807, 2.05) is 0 Å². The van der Waals surface area contributed by atoms with Crippen molar-refractivity contribution in [3.8, 4) is 11.1 Å². The van der Waals surface area contributed by atoms with Gasteiger partial charge in [-0.25, -0.2) is 0 Å². The molecule has 0 N–H and O–H groups in total. The number of carbonyl (C=O) groups excluding carboxylic acids is 1. The third kappa shape index (κ3) is 2.38. The van der Waals surface area contributed by atoms with Crippen LogP contribution in [0.4, 0.5) is 0 Å². The van der Waals surface area contributed by atoms with Gasteiger partial charge in [0, 0.05) is 5.56 Å². The zero-order valence-corrected chi connectivity index (χ0v) is 13.0. The van der Waals surface area contributed by atoms with Crippen molar-refractivity contribution in [3.63, 3.8) is 0 Å². The minimum atomic E-state index is 0.114. The predicted molar refractivity (Wildman–Crippen MR) is 80.2 cm³/mol. The number of halogens is 5. The second-order valence-corrected chi connectivity index (χ2v) is 6.13. The molecule has 2 rings (SSSR count). The number of thiophene rings is 1. The van der Waals surface area contributed by atoms with Gasteiger partial charge in [-0.3, -0.25) is 4.79 Å². The standard InChI is InChI=1S/C11H3Cl5OS/c12-7-6(4-1-5(2-17)18-3-4)8(13)10(15)11(16)9(7)14/h1-3H. The first-order valence-electron chi connectivity index (χ1n) is 4.53. The van der Waals surface area contributed by atoms with Crippen LogP contribution in [0.3, 0.4) is 0 Å². The molecule has 94 valence electrons. The second-order valence-electron chi connectivity index (χ2n) is 3.30. The van der Waals surface area contributed by atoms with Crippen molar-refractivity contribution in [1.29, 1.82) is 0 Å². The van der Waals surface area contributed by atoms with Gasteiger partial charge in [0.2, 0.25) is 0 Å². The molecule has 0 unspecified atom stereocenters. The second kappa shape index (κ2) is 5.58. The van der Waals surface area contributed by atoms with Crippen LogP contribution in [0.2, 0.25) is 25.1 Å². The average Bonchev–Trinajstić information content (AvgIpc) is 2.83. The van der Waals surface area contributed by atoms with E-state index in [0.29, 0.717) is 16.0 Å². The summed E-state index contributed by atoms with van der Waals surface area (Å²) in [5, 5.41) is 2.57. The van der Waals surface area contributed by atoms with Crippen molar-refractivity contribution in [2.24, 2.45) is 0 Å². The van der Waals surface area contributed by atoms with E-state index in [-0.39, 0.29) is 25.1 Å². The molecule has 1 heterocycles. The first kappa shape index (κ1) is 14.4. The Morgan fingerprint density at radius 2 is 1.39 bits per heavy atom. The van der Waals surface area contributed by atoms with Crippen molar-refractivity contribution in [2.45, 2.75) is 0 Å². The average molecular weight is 360 g/mol. The fourth-order valence-corrected chi connectivity index (χ4v) is 3.46. The molecule has 0 aliphatic carbocycles. The van der Waals surface area contributed by atoms with Gasteiger partial charge in [-0.15, -0.1) is 11.3 Å². The minimum Gasteiger partial charge on any atom is -0.297 e. The van der Waals surface area contributed by atoms with Crippen LogP contribution in [0.15, 0.2) is 11.4 Å². The molecule has 0 atom stereocenters. The normalized spacial score (nSPS) is 10.7. The molecule has 0 aliphatic rings. The van der Waals surface area contributed by atoms with Crippen LogP contribution in [0.1, 0.15) is 9.67 Å². The Kier molecular flexibility index (Phi) is 4.48. The van der Waals surface area contributed by atoms with E-state index in [1.165, 1.54) is 11.3 Å². The first-order valence-corrected chi connectivity index (χ1v) is 7.29. The van der Waals surface area contributed by atoms with Crippen molar-refractivity contribution in [2.75, 3.05) is 0 Å². The van der Waals surface area contributed by atoms with Gasteiger partial charge in [0.05, 0.1) is 30.0 Å². The third-order valence-electron chi connectivity index (χ3n) is 2.23. The molecule has 0 saturated carbocycles. The summed E-state index contributed by atoms with van der Waals surface area (Å²) in [6.45, 7) is 0. The summed E-state index contributed by atoms with van der Waals surface area (Å²) < 4.78 is 0. The maximum Gasteiger partial charge on any atom is 0.160 e. The molecule has 0 radical (unpaired) electrons. The lowest BCUT2D eigenvalue weighted by Gasteiger charge is -2.11. The largest absolute Gasteiger partial charge is 0.297 e. The highest BCUT2D eigenvalue weighted by Crippen LogP contribution is 2.48. The molecule has 0 bridgehead atoms. The fraction of sp³-hybridized carbons (Fsp3) is 0. The van der Waals surface area contributed by atoms with Gasteiger partial charge in [-0.05, 0) is 17.0 Å². The summed E-state index contributed by atoms with van der Waals surface area (Å²) in [6, 6.07) is 1.66. The molecule has 0 spiro atoms. The highest BCUT2D eigenvalue weighted by molar-refractivity contribution is 7.12. The molecule has 7 heteroatoms. The Hall–Kier alpha value is 0.0400. The van der Waals surface area contributed by atoms with E-state index in [9.17, 15) is 4.79 Å². The molecule has 0 saturated heterocycles. The van der Waals surface area contributed by atoms with E-state index < -0.39 is 0 Å². The predicted octanol–water partition coefficient (Wildman–Crippen LogP) is 6.49. The number of hydrogen-bond acceptors (Lipinski definition) is 2. The lowest BCUT2D eigenvalue weighted by molar-refractivity contribution is 0.112. The Morgan fingerprint density at radius 1 is 0.889 bits per heavy atom. The van der Waals surface area contributed by atoms with Gasteiger partial charge in [-0.1, -0.05) is 58.0 Å². The van der Waals surface area contributed by atoms with E-state index in [0.717, 1.165) is 6.29 Å². The van der Waals surface area contributed by atoms with Gasteiger partial charge in [0.25, 0.3) is 0 Å². The molecule has 1 nitrogen and oxygen atoms in total. The zero-order chi connectivity index (χ0) is 13.4. The van der Waals surface area contributed by atoms with Crippen LogP contribution in [0.25, 0.3) is 11.1 Å². The quantitative estimate of drug-likeness (QED) is 0.340. The fourth-order valence-electron chi connectivity index (χ4n) is 1.40. The van der Waals surface area contributed by atoms with Gasteiger partial charge < -0.3 is 0 Å². The molecule has 0 amide bonds. The molecule has 1 aromatic carbocycles. The molecular weight excluding hydrogens is 357 g/mol.